The van der Waals surface area contributed by atoms with Gasteiger partial charge in [0.1, 0.15) is 23.2 Å². The Morgan fingerprint density at radius 1 is 1.11 bits per heavy atom. The standard InChI is InChI=1S/C26H26F2N2O4S/c1-4-34-25(31)16-30-17(2)22(23-15-20(28)9-12-24(23)30)14-18-6-5-13-29-26(18)35(3,32,33)21-10-7-19(27)8-11-21/h5-13,15H,4,14,16H2,1-3H3,(H,32,33). The smallest absolute Gasteiger partial charge is 0.325 e. The van der Waals surface area contributed by atoms with Gasteiger partial charge in [0.05, 0.1) is 11.5 Å². The van der Waals surface area contributed by atoms with E-state index in [4.69, 9.17) is 4.74 Å². The predicted molar refractivity (Wildman–Crippen MR) is 130 cm³/mol. The van der Waals surface area contributed by atoms with Crippen LogP contribution in [0.15, 0.2) is 70.7 Å². The monoisotopic (exact) mass is 500 g/mol. The summed E-state index contributed by atoms with van der Waals surface area (Å²) in [5.41, 5.74) is 2.50. The summed E-state index contributed by atoms with van der Waals surface area (Å²) < 4.78 is 60.0. The second kappa shape index (κ2) is 8.98. The molecule has 0 atom stereocenters. The van der Waals surface area contributed by atoms with Crippen LogP contribution in [0.5, 0.6) is 0 Å². The van der Waals surface area contributed by atoms with Crippen molar-refractivity contribution in [3.8, 4) is 0 Å². The molecule has 0 radical (unpaired) electrons. The average molecular weight is 501 g/mol. The van der Waals surface area contributed by atoms with Crippen molar-refractivity contribution >= 4 is 26.2 Å². The van der Waals surface area contributed by atoms with E-state index in [-0.39, 0.29) is 29.5 Å². The third kappa shape index (κ3) is 4.61. The van der Waals surface area contributed by atoms with Gasteiger partial charge in [-0.15, -0.1) is 9.35 Å². The molecule has 0 unspecified atom stereocenters. The third-order valence-electron chi connectivity index (χ3n) is 6.05. The number of rotatable bonds is 7. The summed E-state index contributed by atoms with van der Waals surface area (Å²) in [6.07, 6.45) is 2.77. The number of fused-ring (bicyclic) bond motifs is 1. The molecule has 9 heteroatoms. The Kier molecular flexibility index (Phi) is 6.33. The number of hydrogen-bond acceptors (Lipinski definition) is 4. The number of aromatic nitrogens is 2. The van der Waals surface area contributed by atoms with Crippen molar-refractivity contribution in [1.29, 1.82) is 0 Å². The van der Waals surface area contributed by atoms with Crippen LogP contribution in [0.1, 0.15) is 23.7 Å². The van der Waals surface area contributed by atoms with Crippen LogP contribution in [0.25, 0.3) is 10.9 Å². The van der Waals surface area contributed by atoms with E-state index >= 15 is 0 Å². The number of hydrogen-bond donors (Lipinski definition) is 1. The Bertz CT molecular complexity index is 1490. The number of carbonyl (C=O) groups is 1. The summed E-state index contributed by atoms with van der Waals surface area (Å²) in [7, 11) is -4.68. The van der Waals surface area contributed by atoms with E-state index in [1.54, 1.807) is 29.7 Å². The SMILES string of the molecule is CCOC(=O)Cn1c(C)c(Cc2cccnc2S(C)(=O)(O)c2ccc(F)cc2)c2cc(F)ccc21. The van der Waals surface area contributed by atoms with Gasteiger partial charge in [-0.05, 0) is 73.5 Å². The predicted octanol–water partition coefficient (Wildman–Crippen LogP) is 5.12. The summed E-state index contributed by atoms with van der Waals surface area (Å²) in [5.74, 6) is -1.39. The van der Waals surface area contributed by atoms with Gasteiger partial charge in [0.25, 0.3) is 0 Å². The average Bonchev–Trinajstić information content (AvgIpc) is 3.04. The second-order valence-electron chi connectivity index (χ2n) is 8.50. The molecule has 0 saturated heterocycles. The summed E-state index contributed by atoms with van der Waals surface area (Å²) in [4.78, 5) is 16.5. The van der Waals surface area contributed by atoms with E-state index in [9.17, 15) is 22.3 Å². The van der Waals surface area contributed by atoms with Crippen LogP contribution < -0.4 is 0 Å². The lowest BCUT2D eigenvalue weighted by molar-refractivity contribution is -0.143. The Hall–Kier alpha value is -3.43. The van der Waals surface area contributed by atoms with Gasteiger partial charge < -0.3 is 9.30 Å². The minimum absolute atomic E-state index is 0.0378. The van der Waals surface area contributed by atoms with Gasteiger partial charge in [0.15, 0.2) is 0 Å². The zero-order valence-corrected chi connectivity index (χ0v) is 20.4. The van der Waals surface area contributed by atoms with Crippen LogP contribution in [-0.4, -0.2) is 37.1 Å². The Morgan fingerprint density at radius 3 is 2.49 bits per heavy atom. The van der Waals surface area contributed by atoms with Gasteiger partial charge >= 0.3 is 5.97 Å². The molecule has 0 aliphatic heterocycles. The van der Waals surface area contributed by atoms with Gasteiger partial charge in [0.2, 0.25) is 0 Å². The minimum Gasteiger partial charge on any atom is -0.465 e. The first-order valence-electron chi connectivity index (χ1n) is 11.0. The largest absolute Gasteiger partial charge is 0.465 e. The van der Waals surface area contributed by atoms with Crippen LogP contribution in [-0.2, 0) is 31.8 Å². The maximum absolute atomic E-state index is 14.2. The van der Waals surface area contributed by atoms with Crippen molar-refractivity contribution in [2.75, 3.05) is 12.9 Å². The lowest BCUT2D eigenvalue weighted by Crippen LogP contribution is -2.33. The van der Waals surface area contributed by atoms with E-state index in [0.717, 1.165) is 12.1 Å². The van der Waals surface area contributed by atoms with E-state index in [0.29, 0.717) is 27.7 Å². The zero-order chi connectivity index (χ0) is 25.4. The lowest BCUT2D eigenvalue weighted by atomic mass is 10.0. The van der Waals surface area contributed by atoms with Gasteiger partial charge in [-0.3, -0.25) is 9.35 Å². The lowest BCUT2D eigenvalue weighted by Gasteiger charge is -2.39. The van der Waals surface area contributed by atoms with Crippen molar-refractivity contribution in [3.63, 3.8) is 0 Å². The first-order valence-corrected chi connectivity index (χ1v) is 13.3. The van der Waals surface area contributed by atoms with Crippen LogP contribution >= 0.6 is 0 Å². The van der Waals surface area contributed by atoms with Crippen molar-refractivity contribution in [2.24, 2.45) is 0 Å². The molecule has 0 aliphatic carbocycles. The molecule has 4 aromatic rings. The number of ether oxygens (including phenoxy) is 1. The molecule has 1 N–H and O–H groups in total. The van der Waals surface area contributed by atoms with Crippen LogP contribution in [0.2, 0.25) is 0 Å². The fourth-order valence-corrected chi connectivity index (χ4v) is 6.40. The van der Waals surface area contributed by atoms with Gasteiger partial charge in [0, 0.05) is 35.5 Å². The van der Waals surface area contributed by atoms with Crippen molar-refractivity contribution in [3.05, 3.63) is 89.2 Å². The van der Waals surface area contributed by atoms with E-state index in [1.165, 1.54) is 36.7 Å². The Morgan fingerprint density at radius 2 is 1.80 bits per heavy atom. The summed E-state index contributed by atoms with van der Waals surface area (Å²) in [6.45, 7) is 3.72. The molecule has 0 spiro atoms. The van der Waals surface area contributed by atoms with Crippen molar-refractivity contribution in [1.82, 2.24) is 9.55 Å². The van der Waals surface area contributed by atoms with Crippen LogP contribution in [0, 0.1) is 18.6 Å². The number of halogens is 2. The number of carbonyl (C=O) groups excluding carboxylic acids is 1. The highest BCUT2D eigenvalue weighted by Crippen LogP contribution is 2.40. The first-order chi connectivity index (χ1) is 16.5. The molecule has 6 nitrogen and oxygen atoms in total. The van der Waals surface area contributed by atoms with Crippen molar-refractivity contribution in [2.45, 2.75) is 36.7 Å². The first kappa shape index (κ1) is 24.7. The zero-order valence-electron chi connectivity index (χ0n) is 19.6. The van der Waals surface area contributed by atoms with E-state index in [1.807, 2.05) is 6.92 Å². The molecule has 4 rings (SSSR count). The number of nitrogens with zero attached hydrogens (tertiary/aromatic N) is 2. The van der Waals surface area contributed by atoms with E-state index < -0.39 is 27.0 Å². The van der Waals surface area contributed by atoms with Crippen LogP contribution in [0.4, 0.5) is 8.78 Å². The number of esters is 1. The molecule has 35 heavy (non-hydrogen) atoms. The molecular formula is C26H26F2N2O4S. The van der Waals surface area contributed by atoms with Crippen molar-refractivity contribution < 1.29 is 27.1 Å². The number of pyridine rings is 1. The van der Waals surface area contributed by atoms with E-state index in [2.05, 4.69) is 4.98 Å². The maximum atomic E-state index is 14.2. The molecule has 2 aromatic heterocycles. The molecule has 0 fully saturated rings. The number of benzene rings is 2. The Labute approximate surface area is 201 Å². The Balaban J connectivity index is 1.86. The highest BCUT2D eigenvalue weighted by atomic mass is 32.3. The highest BCUT2D eigenvalue weighted by Gasteiger charge is 2.32. The highest BCUT2D eigenvalue weighted by molar-refractivity contribution is 8.14. The molecule has 0 amide bonds. The topological polar surface area (TPSA) is 81.4 Å². The maximum Gasteiger partial charge on any atom is 0.325 e. The summed E-state index contributed by atoms with van der Waals surface area (Å²) >= 11 is 0. The van der Waals surface area contributed by atoms with Gasteiger partial charge in [-0.25, -0.2) is 13.8 Å². The molecule has 0 saturated carbocycles. The molecule has 0 bridgehead atoms. The molecule has 2 aromatic carbocycles. The van der Waals surface area contributed by atoms with Gasteiger partial charge in [-0.2, -0.15) is 4.21 Å². The second-order valence-corrected chi connectivity index (χ2v) is 11.9. The molecule has 2 heterocycles. The minimum atomic E-state index is -4.68. The molecule has 0 aliphatic rings. The van der Waals surface area contributed by atoms with Gasteiger partial charge in [-0.1, -0.05) is 6.07 Å². The normalized spacial score (nSPS) is 12.9. The van der Waals surface area contributed by atoms with Crippen LogP contribution in [0.3, 0.4) is 0 Å². The summed E-state index contributed by atoms with van der Waals surface area (Å²) in [5, 5.41) is 0.541. The molecular weight excluding hydrogens is 474 g/mol. The quantitative estimate of drug-likeness (QED) is 0.357. The third-order valence-corrected chi connectivity index (χ3v) is 8.71. The summed E-state index contributed by atoms with van der Waals surface area (Å²) in [6, 6.07) is 12.4. The molecule has 184 valence electrons. The fraction of sp³-hybridized carbons (Fsp3) is 0.231. The fourth-order valence-electron chi connectivity index (χ4n) is 4.34.